The molecule has 0 amide bonds. The first-order chi connectivity index (χ1) is 8.29. The molecular formula is C12H17N3O2. The van der Waals surface area contributed by atoms with E-state index < -0.39 is 0 Å². The predicted molar refractivity (Wildman–Crippen MR) is 64.2 cm³/mol. The highest BCUT2D eigenvalue weighted by Crippen LogP contribution is 2.25. The van der Waals surface area contributed by atoms with Crippen molar-refractivity contribution in [3.63, 3.8) is 0 Å². The van der Waals surface area contributed by atoms with Crippen molar-refractivity contribution in [2.75, 3.05) is 6.61 Å². The van der Waals surface area contributed by atoms with Gasteiger partial charge in [-0.05, 0) is 24.8 Å². The van der Waals surface area contributed by atoms with Crippen molar-refractivity contribution in [2.24, 2.45) is 16.8 Å². The van der Waals surface area contributed by atoms with Crippen LogP contribution in [0.25, 0.3) is 0 Å². The second-order valence-electron chi connectivity index (χ2n) is 4.31. The van der Waals surface area contributed by atoms with Gasteiger partial charge in [0.2, 0.25) is 5.88 Å². The third-order valence-electron chi connectivity index (χ3n) is 3.04. The lowest BCUT2D eigenvalue weighted by molar-refractivity contribution is 0.243. The molecule has 2 rings (SSSR count). The highest BCUT2D eigenvalue weighted by atomic mass is 16.5. The van der Waals surface area contributed by atoms with E-state index in [0.29, 0.717) is 24.1 Å². The highest BCUT2D eigenvalue weighted by Gasteiger charge is 2.15. The lowest BCUT2D eigenvalue weighted by Gasteiger charge is -2.10. The molecule has 1 aromatic rings. The van der Waals surface area contributed by atoms with E-state index in [1.165, 1.54) is 25.7 Å². The van der Waals surface area contributed by atoms with Crippen molar-refractivity contribution >= 4 is 5.84 Å². The van der Waals surface area contributed by atoms with Crippen molar-refractivity contribution in [1.29, 1.82) is 0 Å². The molecule has 5 heteroatoms. The fraction of sp³-hybridized carbons (Fsp3) is 0.500. The molecule has 1 aliphatic rings. The number of nitrogens with zero attached hydrogens (tertiary/aromatic N) is 2. The second-order valence-corrected chi connectivity index (χ2v) is 4.31. The Kier molecular flexibility index (Phi) is 3.80. The average molecular weight is 235 g/mol. The van der Waals surface area contributed by atoms with Gasteiger partial charge in [0, 0.05) is 6.07 Å². The topological polar surface area (TPSA) is 80.7 Å². The zero-order chi connectivity index (χ0) is 12.1. The number of pyridine rings is 1. The summed E-state index contributed by atoms with van der Waals surface area (Å²) in [6, 6.07) is 5.24. The fourth-order valence-corrected chi connectivity index (χ4v) is 2.07. The molecule has 1 saturated carbocycles. The fourth-order valence-electron chi connectivity index (χ4n) is 2.07. The maximum absolute atomic E-state index is 8.56. The van der Waals surface area contributed by atoms with E-state index in [1.807, 2.05) is 0 Å². The van der Waals surface area contributed by atoms with Crippen molar-refractivity contribution in [2.45, 2.75) is 25.7 Å². The minimum absolute atomic E-state index is 0.00341. The maximum Gasteiger partial charge on any atom is 0.213 e. The zero-order valence-electron chi connectivity index (χ0n) is 9.67. The quantitative estimate of drug-likeness (QED) is 0.360. The van der Waals surface area contributed by atoms with Crippen molar-refractivity contribution < 1.29 is 9.94 Å². The first kappa shape index (κ1) is 11.7. The summed E-state index contributed by atoms with van der Waals surface area (Å²) in [5, 5.41) is 11.5. The summed E-state index contributed by atoms with van der Waals surface area (Å²) in [5.74, 6) is 1.17. The summed E-state index contributed by atoms with van der Waals surface area (Å²) in [4.78, 5) is 4.17. The smallest absolute Gasteiger partial charge is 0.213 e. The third-order valence-corrected chi connectivity index (χ3v) is 3.04. The van der Waals surface area contributed by atoms with Crippen LogP contribution in [0.4, 0.5) is 0 Å². The molecule has 3 N–H and O–H groups in total. The van der Waals surface area contributed by atoms with Crippen LogP contribution in [0.5, 0.6) is 5.88 Å². The lowest BCUT2D eigenvalue weighted by atomic mass is 10.1. The summed E-state index contributed by atoms with van der Waals surface area (Å²) in [5.41, 5.74) is 5.89. The van der Waals surface area contributed by atoms with Gasteiger partial charge in [-0.15, -0.1) is 0 Å². The van der Waals surface area contributed by atoms with E-state index in [-0.39, 0.29) is 5.84 Å². The summed E-state index contributed by atoms with van der Waals surface area (Å²) in [7, 11) is 0. The molecule has 17 heavy (non-hydrogen) atoms. The number of hydrogen-bond acceptors (Lipinski definition) is 4. The first-order valence-electron chi connectivity index (χ1n) is 5.87. The molecule has 5 nitrogen and oxygen atoms in total. The Hall–Kier alpha value is -1.78. The van der Waals surface area contributed by atoms with E-state index >= 15 is 0 Å². The lowest BCUT2D eigenvalue weighted by Crippen LogP contribution is -2.16. The number of amidine groups is 1. The number of oxime groups is 1. The molecule has 0 bridgehead atoms. The summed E-state index contributed by atoms with van der Waals surface area (Å²) >= 11 is 0. The molecule has 0 saturated heterocycles. The number of aromatic nitrogens is 1. The minimum atomic E-state index is -0.00341. The molecule has 1 heterocycles. The van der Waals surface area contributed by atoms with E-state index in [2.05, 4.69) is 10.1 Å². The van der Waals surface area contributed by atoms with Gasteiger partial charge in [-0.3, -0.25) is 0 Å². The second kappa shape index (κ2) is 5.52. The number of nitrogens with two attached hydrogens (primary N) is 1. The van der Waals surface area contributed by atoms with Crippen LogP contribution in [-0.4, -0.2) is 22.6 Å². The Labute approximate surface area is 100 Å². The molecule has 0 atom stereocenters. The number of ether oxygens (including phenoxy) is 1. The monoisotopic (exact) mass is 235 g/mol. The molecule has 1 aromatic heterocycles. The molecule has 0 spiro atoms. The van der Waals surface area contributed by atoms with Gasteiger partial charge in [0.1, 0.15) is 5.69 Å². The first-order valence-corrected chi connectivity index (χ1v) is 5.87. The van der Waals surface area contributed by atoms with Gasteiger partial charge in [0.05, 0.1) is 6.61 Å². The van der Waals surface area contributed by atoms with Crippen molar-refractivity contribution in [3.05, 3.63) is 23.9 Å². The van der Waals surface area contributed by atoms with Gasteiger partial charge in [-0.25, -0.2) is 4.98 Å². The maximum atomic E-state index is 8.56. The molecule has 1 fully saturated rings. The molecule has 0 radical (unpaired) electrons. The van der Waals surface area contributed by atoms with Crippen LogP contribution >= 0.6 is 0 Å². The van der Waals surface area contributed by atoms with E-state index in [0.717, 1.165) is 0 Å². The molecule has 1 aliphatic carbocycles. The normalized spacial score (nSPS) is 17.3. The molecule has 0 aromatic carbocycles. The Morgan fingerprint density at radius 3 is 2.94 bits per heavy atom. The summed E-state index contributed by atoms with van der Waals surface area (Å²) < 4.78 is 5.62. The van der Waals surface area contributed by atoms with Crippen LogP contribution in [0.3, 0.4) is 0 Å². The SMILES string of the molecule is NC(=NO)c1cccc(OCC2CCCC2)n1. The van der Waals surface area contributed by atoms with Gasteiger partial charge >= 0.3 is 0 Å². The average Bonchev–Trinajstić information content (AvgIpc) is 2.89. The van der Waals surface area contributed by atoms with Crippen LogP contribution in [0.1, 0.15) is 31.4 Å². The van der Waals surface area contributed by atoms with Gasteiger partial charge in [0.25, 0.3) is 0 Å². The van der Waals surface area contributed by atoms with Crippen LogP contribution in [0, 0.1) is 5.92 Å². The van der Waals surface area contributed by atoms with Gasteiger partial charge in [-0.2, -0.15) is 0 Å². The summed E-state index contributed by atoms with van der Waals surface area (Å²) in [6.07, 6.45) is 5.07. The van der Waals surface area contributed by atoms with Crippen molar-refractivity contribution in [3.8, 4) is 5.88 Å². The van der Waals surface area contributed by atoms with Gasteiger partial charge in [0.15, 0.2) is 5.84 Å². The van der Waals surface area contributed by atoms with Crippen LogP contribution < -0.4 is 10.5 Å². The molecule has 0 unspecified atom stereocenters. The van der Waals surface area contributed by atoms with E-state index in [4.69, 9.17) is 15.7 Å². The Morgan fingerprint density at radius 1 is 1.47 bits per heavy atom. The molecular weight excluding hydrogens is 218 g/mol. The third kappa shape index (κ3) is 3.09. The Morgan fingerprint density at radius 2 is 2.24 bits per heavy atom. The largest absolute Gasteiger partial charge is 0.477 e. The standard InChI is InChI=1S/C12H17N3O2/c13-12(15-16)10-6-3-7-11(14-10)17-8-9-4-1-2-5-9/h3,6-7,9,16H,1-2,4-5,8H2,(H2,13,15). The molecule has 0 aliphatic heterocycles. The highest BCUT2D eigenvalue weighted by molar-refractivity contribution is 5.95. The van der Waals surface area contributed by atoms with Crippen LogP contribution in [0.2, 0.25) is 0 Å². The number of rotatable bonds is 4. The van der Waals surface area contributed by atoms with Gasteiger partial charge in [-0.1, -0.05) is 24.1 Å². The van der Waals surface area contributed by atoms with E-state index in [9.17, 15) is 0 Å². The van der Waals surface area contributed by atoms with Gasteiger partial charge < -0.3 is 15.7 Å². The number of hydrogen-bond donors (Lipinski definition) is 2. The molecule has 92 valence electrons. The Balaban J connectivity index is 1.96. The van der Waals surface area contributed by atoms with E-state index in [1.54, 1.807) is 18.2 Å². The zero-order valence-corrected chi connectivity index (χ0v) is 9.67. The minimum Gasteiger partial charge on any atom is -0.477 e. The summed E-state index contributed by atoms with van der Waals surface area (Å²) in [6.45, 7) is 0.701. The van der Waals surface area contributed by atoms with Crippen LogP contribution in [-0.2, 0) is 0 Å². The van der Waals surface area contributed by atoms with Crippen LogP contribution in [0.15, 0.2) is 23.4 Å². The predicted octanol–water partition coefficient (Wildman–Crippen LogP) is 1.75. The Bertz CT molecular complexity index is 400. The van der Waals surface area contributed by atoms with Crippen molar-refractivity contribution in [1.82, 2.24) is 4.98 Å².